The molecule has 0 spiro atoms. The molecule has 8 heteroatoms. The molecule has 1 aromatic heterocycles. The average Bonchev–Trinajstić information content (AvgIpc) is 2.93. The molecular weight excluding hydrogens is 345 g/mol. The number of amides is 1. The van der Waals surface area contributed by atoms with E-state index in [0.717, 1.165) is 11.3 Å². The Bertz CT molecular complexity index is 618. The highest BCUT2D eigenvalue weighted by molar-refractivity contribution is 7.14. The van der Waals surface area contributed by atoms with Crippen molar-refractivity contribution in [2.24, 2.45) is 5.73 Å². The Hall–Kier alpha value is -1.18. The summed E-state index contributed by atoms with van der Waals surface area (Å²) in [5.74, 6) is -0.174. The van der Waals surface area contributed by atoms with Crippen molar-refractivity contribution in [3.05, 3.63) is 34.7 Å². The van der Waals surface area contributed by atoms with E-state index >= 15 is 0 Å². The maximum absolute atomic E-state index is 11.8. The van der Waals surface area contributed by atoms with Crippen LogP contribution in [0, 0.1) is 0 Å². The zero-order valence-electron chi connectivity index (χ0n) is 11.9. The first kappa shape index (κ1) is 18.9. The molecule has 1 heterocycles. The minimum absolute atomic E-state index is 0. The predicted molar refractivity (Wildman–Crippen MR) is 92.9 cm³/mol. The molecule has 3 N–H and O–H groups in total. The van der Waals surface area contributed by atoms with Crippen molar-refractivity contribution in [1.82, 2.24) is 4.98 Å². The first-order valence-electron chi connectivity index (χ1n) is 6.37. The number of nitrogens with one attached hydrogen (secondary N) is 1. The Kier molecular flexibility index (Phi) is 7.78. The summed E-state index contributed by atoms with van der Waals surface area (Å²) in [5, 5.41) is 5.75. The number of halogens is 2. The first-order valence-corrected chi connectivity index (χ1v) is 7.63. The van der Waals surface area contributed by atoms with E-state index in [-0.39, 0.29) is 30.8 Å². The van der Waals surface area contributed by atoms with Crippen LogP contribution in [-0.2, 0) is 9.53 Å². The second kappa shape index (κ2) is 9.07. The SMILES string of the molecule is COC(CN)CC(=O)Nc1nc(-c2ccccc2Cl)cs1.Cl. The van der Waals surface area contributed by atoms with Gasteiger partial charge < -0.3 is 15.8 Å². The molecule has 1 atom stereocenters. The van der Waals surface area contributed by atoms with Crippen LogP contribution in [0.4, 0.5) is 5.13 Å². The van der Waals surface area contributed by atoms with Gasteiger partial charge in [0.2, 0.25) is 5.91 Å². The van der Waals surface area contributed by atoms with Crippen LogP contribution >= 0.6 is 35.3 Å². The third-order valence-corrected chi connectivity index (χ3v) is 4.00. The number of anilines is 1. The van der Waals surface area contributed by atoms with Crippen LogP contribution in [0.5, 0.6) is 0 Å². The number of nitrogens with zero attached hydrogens (tertiary/aromatic N) is 1. The number of aromatic nitrogens is 1. The van der Waals surface area contributed by atoms with E-state index in [0.29, 0.717) is 16.7 Å². The van der Waals surface area contributed by atoms with Crippen molar-refractivity contribution in [3.8, 4) is 11.3 Å². The third kappa shape index (κ3) is 4.93. The van der Waals surface area contributed by atoms with Crippen LogP contribution in [-0.4, -0.2) is 30.6 Å². The molecule has 0 aliphatic carbocycles. The normalized spacial score (nSPS) is 11.6. The predicted octanol–water partition coefficient (Wildman–Crippen LogP) is 3.19. The van der Waals surface area contributed by atoms with Gasteiger partial charge in [-0.05, 0) is 6.07 Å². The Morgan fingerprint density at radius 2 is 2.23 bits per heavy atom. The van der Waals surface area contributed by atoms with Crippen molar-refractivity contribution in [3.63, 3.8) is 0 Å². The quantitative estimate of drug-likeness (QED) is 0.827. The van der Waals surface area contributed by atoms with Gasteiger partial charge in [0.1, 0.15) is 0 Å². The van der Waals surface area contributed by atoms with Gasteiger partial charge in [-0.25, -0.2) is 4.98 Å². The summed E-state index contributed by atoms with van der Waals surface area (Å²) in [7, 11) is 1.53. The number of hydrogen-bond donors (Lipinski definition) is 2. The van der Waals surface area contributed by atoms with Gasteiger partial charge in [-0.3, -0.25) is 4.79 Å². The minimum atomic E-state index is -0.284. The van der Waals surface area contributed by atoms with E-state index in [1.807, 2.05) is 23.6 Å². The lowest BCUT2D eigenvalue weighted by molar-refractivity contribution is -0.118. The number of hydrogen-bond acceptors (Lipinski definition) is 5. The first-order chi connectivity index (χ1) is 10.1. The molecule has 0 radical (unpaired) electrons. The van der Waals surface area contributed by atoms with Gasteiger partial charge in [-0.2, -0.15) is 0 Å². The Labute approximate surface area is 144 Å². The van der Waals surface area contributed by atoms with Crippen molar-refractivity contribution < 1.29 is 9.53 Å². The zero-order valence-corrected chi connectivity index (χ0v) is 14.3. The van der Waals surface area contributed by atoms with E-state index in [9.17, 15) is 4.79 Å². The molecule has 0 saturated heterocycles. The van der Waals surface area contributed by atoms with Crippen LogP contribution in [0.25, 0.3) is 11.3 Å². The number of benzene rings is 1. The van der Waals surface area contributed by atoms with Crippen LogP contribution in [0.1, 0.15) is 6.42 Å². The second-order valence-electron chi connectivity index (χ2n) is 4.36. The molecule has 0 saturated carbocycles. The van der Waals surface area contributed by atoms with Crippen molar-refractivity contribution in [1.29, 1.82) is 0 Å². The summed E-state index contributed by atoms with van der Waals surface area (Å²) < 4.78 is 5.08. The maximum Gasteiger partial charge on any atom is 0.228 e. The van der Waals surface area contributed by atoms with E-state index in [1.54, 1.807) is 6.07 Å². The van der Waals surface area contributed by atoms with Gasteiger partial charge in [0.25, 0.3) is 0 Å². The van der Waals surface area contributed by atoms with Crippen molar-refractivity contribution >= 4 is 46.4 Å². The molecule has 0 bridgehead atoms. The molecule has 2 aromatic rings. The summed E-state index contributed by atoms with van der Waals surface area (Å²) >= 11 is 7.48. The standard InChI is InChI=1S/C14H16ClN3O2S.ClH/c1-20-9(7-16)6-13(19)18-14-17-12(8-21-14)10-4-2-3-5-11(10)15;/h2-5,8-9H,6-7,16H2,1H3,(H,17,18,19);1H. The number of carbonyl (C=O) groups is 1. The molecule has 120 valence electrons. The van der Waals surface area contributed by atoms with Gasteiger partial charge in [0.15, 0.2) is 5.13 Å². The lowest BCUT2D eigenvalue weighted by Gasteiger charge is -2.11. The number of thiazole rings is 1. The minimum Gasteiger partial charge on any atom is -0.380 e. The molecule has 0 aliphatic heterocycles. The van der Waals surface area contributed by atoms with Gasteiger partial charge in [0, 0.05) is 29.6 Å². The number of carbonyl (C=O) groups excluding carboxylic acids is 1. The van der Waals surface area contributed by atoms with Gasteiger partial charge in [0.05, 0.1) is 18.2 Å². The zero-order chi connectivity index (χ0) is 15.2. The largest absolute Gasteiger partial charge is 0.380 e. The number of rotatable bonds is 6. The molecule has 22 heavy (non-hydrogen) atoms. The molecular formula is C14H17Cl2N3O2S. The Morgan fingerprint density at radius 1 is 1.50 bits per heavy atom. The number of nitrogens with two attached hydrogens (primary N) is 1. The van der Waals surface area contributed by atoms with E-state index < -0.39 is 0 Å². The topological polar surface area (TPSA) is 77.2 Å². The highest BCUT2D eigenvalue weighted by atomic mass is 35.5. The van der Waals surface area contributed by atoms with Crippen LogP contribution < -0.4 is 11.1 Å². The van der Waals surface area contributed by atoms with Gasteiger partial charge in [-0.1, -0.05) is 29.8 Å². The monoisotopic (exact) mass is 361 g/mol. The second-order valence-corrected chi connectivity index (χ2v) is 5.63. The van der Waals surface area contributed by atoms with E-state index in [2.05, 4.69) is 10.3 Å². The Balaban J connectivity index is 0.00000242. The highest BCUT2D eigenvalue weighted by Gasteiger charge is 2.14. The lowest BCUT2D eigenvalue weighted by Crippen LogP contribution is -2.28. The third-order valence-electron chi connectivity index (χ3n) is 2.91. The Morgan fingerprint density at radius 3 is 2.86 bits per heavy atom. The maximum atomic E-state index is 11.8. The summed E-state index contributed by atoms with van der Waals surface area (Å²) in [6.45, 7) is 0.298. The molecule has 1 aromatic carbocycles. The van der Waals surface area contributed by atoms with Crippen LogP contribution in [0.2, 0.25) is 5.02 Å². The van der Waals surface area contributed by atoms with Crippen molar-refractivity contribution in [2.45, 2.75) is 12.5 Å². The fraction of sp³-hybridized carbons (Fsp3) is 0.286. The number of methoxy groups -OCH3 is 1. The lowest BCUT2D eigenvalue weighted by atomic mass is 10.2. The molecule has 2 rings (SSSR count). The average molecular weight is 362 g/mol. The molecule has 0 aliphatic rings. The van der Waals surface area contributed by atoms with E-state index in [1.165, 1.54) is 18.4 Å². The van der Waals surface area contributed by atoms with Gasteiger partial charge >= 0.3 is 0 Å². The molecule has 1 amide bonds. The van der Waals surface area contributed by atoms with Crippen LogP contribution in [0.3, 0.4) is 0 Å². The molecule has 5 nitrogen and oxygen atoms in total. The molecule has 1 unspecified atom stereocenters. The summed E-state index contributed by atoms with van der Waals surface area (Å²) in [5.41, 5.74) is 7.07. The smallest absolute Gasteiger partial charge is 0.228 e. The fourth-order valence-corrected chi connectivity index (χ4v) is 2.72. The summed E-state index contributed by atoms with van der Waals surface area (Å²) in [6.07, 6.45) is -0.0819. The fourth-order valence-electron chi connectivity index (χ4n) is 1.76. The number of ether oxygens (including phenoxy) is 1. The summed E-state index contributed by atoms with van der Waals surface area (Å²) in [6, 6.07) is 7.44. The summed E-state index contributed by atoms with van der Waals surface area (Å²) in [4.78, 5) is 16.2. The van der Waals surface area contributed by atoms with Crippen molar-refractivity contribution in [2.75, 3.05) is 19.0 Å². The van der Waals surface area contributed by atoms with Crippen LogP contribution in [0.15, 0.2) is 29.6 Å². The molecule has 0 fully saturated rings. The van der Waals surface area contributed by atoms with Gasteiger partial charge in [-0.15, -0.1) is 23.7 Å². The van der Waals surface area contributed by atoms with E-state index in [4.69, 9.17) is 22.1 Å². The highest BCUT2D eigenvalue weighted by Crippen LogP contribution is 2.30.